The fraction of sp³-hybridized carbons (Fsp3) is 0.643. The molecule has 2 atom stereocenters. The number of aliphatic hydroxyl groups is 1. The predicted octanol–water partition coefficient (Wildman–Crippen LogP) is 2.20. The van der Waals surface area contributed by atoms with Gasteiger partial charge in [-0.2, -0.15) is 0 Å². The number of hydrogen-bond donors (Lipinski definition) is 2. The Bertz CT molecular complexity index is 373. The third-order valence-corrected chi connectivity index (χ3v) is 4.39. The van der Waals surface area contributed by atoms with Crippen LogP contribution in [-0.2, 0) is 11.2 Å². The number of nitrogens with one attached hydrogen (secondary N) is 1. The molecule has 1 saturated carbocycles. The van der Waals surface area contributed by atoms with Gasteiger partial charge in [0.15, 0.2) is 0 Å². The van der Waals surface area contributed by atoms with E-state index in [0.29, 0.717) is 12.3 Å². The van der Waals surface area contributed by atoms with Crippen molar-refractivity contribution in [2.45, 2.75) is 38.6 Å². The first kappa shape index (κ1) is 13.6. The van der Waals surface area contributed by atoms with Gasteiger partial charge < -0.3 is 10.4 Å². The maximum atomic E-state index is 12.1. The Kier molecular flexibility index (Phi) is 4.78. The second-order valence-corrected chi connectivity index (χ2v) is 6.18. The Hall–Kier alpha value is -0.870. The fourth-order valence-electron chi connectivity index (χ4n) is 2.21. The molecule has 4 heteroatoms. The van der Waals surface area contributed by atoms with Crippen LogP contribution in [0.2, 0.25) is 0 Å². The first-order valence-corrected chi connectivity index (χ1v) is 7.52. The highest BCUT2D eigenvalue weighted by atomic mass is 32.1. The molecule has 2 N–H and O–H groups in total. The molecule has 1 aliphatic carbocycles. The summed E-state index contributed by atoms with van der Waals surface area (Å²) in [5.41, 5.74) is 0. The third kappa shape index (κ3) is 3.82. The molecular formula is C14H21NO2S. The Morgan fingerprint density at radius 3 is 2.94 bits per heavy atom. The van der Waals surface area contributed by atoms with Crippen molar-refractivity contribution in [2.75, 3.05) is 6.61 Å². The van der Waals surface area contributed by atoms with E-state index in [4.69, 9.17) is 5.11 Å². The van der Waals surface area contributed by atoms with Crippen LogP contribution in [0.15, 0.2) is 17.5 Å². The summed E-state index contributed by atoms with van der Waals surface area (Å²) in [4.78, 5) is 13.4. The van der Waals surface area contributed by atoms with Gasteiger partial charge in [0.1, 0.15) is 0 Å². The molecule has 1 heterocycles. The molecule has 3 nitrogen and oxygen atoms in total. The lowest BCUT2D eigenvalue weighted by molar-refractivity contribution is -0.125. The molecule has 0 spiro atoms. The fourth-order valence-corrected chi connectivity index (χ4v) is 3.05. The molecule has 0 aromatic carbocycles. The Morgan fingerprint density at radius 1 is 1.61 bits per heavy atom. The molecule has 1 aromatic rings. The molecule has 0 aliphatic heterocycles. The zero-order valence-electron chi connectivity index (χ0n) is 10.8. The van der Waals surface area contributed by atoms with Gasteiger partial charge in [0.25, 0.3) is 0 Å². The van der Waals surface area contributed by atoms with Crippen LogP contribution in [0.3, 0.4) is 0 Å². The van der Waals surface area contributed by atoms with E-state index in [1.165, 1.54) is 17.7 Å². The van der Waals surface area contributed by atoms with Crippen molar-refractivity contribution in [1.82, 2.24) is 5.32 Å². The first-order valence-electron chi connectivity index (χ1n) is 6.64. The Morgan fingerprint density at radius 2 is 2.39 bits per heavy atom. The number of hydrogen-bond acceptors (Lipinski definition) is 3. The second-order valence-electron chi connectivity index (χ2n) is 5.15. The van der Waals surface area contributed by atoms with Crippen LogP contribution in [0.5, 0.6) is 0 Å². The summed E-state index contributed by atoms with van der Waals surface area (Å²) in [5.74, 6) is 0.715. The lowest BCUT2D eigenvalue weighted by Gasteiger charge is -2.20. The van der Waals surface area contributed by atoms with Gasteiger partial charge in [0.05, 0.1) is 0 Å². The minimum atomic E-state index is 0.00333. The van der Waals surface area contributed by atoms with E-state index >= 15 is 0 Å². The molecule has 2 unspecified atom stereocenters. The molecule has 2 rings (SSSR count). The van der Waals surface area contributed by atoms with Gasteiger partial charge in [0.2, 0.25) is 5.91 Å². The van der Waals surface area contributed by atoms with Crippen molar-refractivity contribution in [2.24, 2.45) is 11.8 Å². The van der Waals surface area contributed by atoms with Gasteiger partial charge in [0, 0.05) is 23.4 Å². The van der Waals surface area contributed by atoms with Crippen LogP contribution in [0.1, 0.15) is 31.1 Å². The molecule has 100 valence electrons. The van der Waals surface area contributed by atoms with Crippen molar-refractivity contribution < 1.29 is 9.90 Å². The lowest BCUT2D eigenvalue weighted by Crippen LogP contribution is -2.40. The van der Waals surface area contributed by atoms with Gasteiger partial charge in [-0.05, 0) is 43.0 Å². The van der Waals surface area contributed by atoms with Gasteiger partial charge in [-0.25, -0.2) is 0 Å². The smallest absolute Gasteiger partial charge is 0.223 e. The quantitative estimate of drug-likeness (QED) is 0.795. The summed E-state index contributed by atoms with van der Waals surface area (Å²) >= 11 is 1.70. The average Bonchev–Trinajstić information content (AvgIpc) is 3.07. The van der Waals surface area contributed by atoms with Crippen LogP contribution in [-0.4, -0.2) is 23.7 Å². The summed E-state index contributed by atoms with van der Waals surface area (Å²) in [5, 5.41) is 14.2. The van der Waals surface area contributed by atoms with Crippen molar-refractivity contribution >= 4 is 17.2 Å². The predicted molar refractivity (Wildman–Crippen MR) is 73.5 cm³/mol. The summed E-state index contributed by atoms with van der Waals surface area (Å²) in [7, 11) is 0. The number of carbonyl (C=O) groups is 1. The summed E-state index contributed by atoms with van der Waals surface area (Å²) in [6, 6.07) is 4.26. The molecule has 0 saturated heterocycles. The van der Waals surface area contributed by atoms with E-state index in [2.05, 4.69) is 11.4 Å². The van der Waals surface area contributed by atoms with E-state index in [-0.39, 0.29) is 24.5 Å². The van der Waals surface area contributed by atoms with E-state index < -0.39 is 0 Å². The zero-order chi connectivity index (χ0) is 13.0. The topological polar surface area (TPSA) is 49.3 Å². The van der Waals surface area contributed by atoms with E-state index in [9.17, 15) is 4.79 Å². The largest absolute Gasteiger partial charge is 0.396 e. The second kappa shape index (κ2) is 6.34. The maximum absolute atomic E-state index is 12.1. The van der Waals surface area contributed by atoms with Crippen LogP contribution in [0, 0.1) is 11.8 Å². The average molecular weight is 267 g/mol. The highest BCUT2D eigenvalue weighted by Gasteiger charge is 2.32. The van der Waals surface area contributed by atoms with Crippen LogP contribution in [0.4, 0.5) is 0 Å². The monoisotopic (exact) mass is 267 g/mol. The molecular weight excluding hydrogens is 246 g/mol. The Labute approximate surface area is 112 Å². The van der Waals surface area contributed by atoms with Crippen LogP contribution >= 0.6 is 11.3 Å². The van der Waals surface area contributed by atoms with Crippen molar-refractivity contribution in [1.29, 1.82) is 0 Å². The number of amides is 1. The summed E-state index contributed by atoms with van der Waals surface area (Å²) in [6.45, 7) is 2.12. The lowest BCUT2D eigenvalue weighted by atomic mass is 10.0. The first-order chi connectivity index (χ1) is 8.70. The number of thiophene rings is 1. The summed E-state index contributed by atoms with van der Waals surface area (Å²) in [6.07, 6.45) is 3.86. The molecule has 1 fully saturated rings. The zero-order valence-corrected chi connectivity index (χ0v) is 11.6. The van der Waals surface area contributed by atoms with E-state index in [1.807, 2.05) is 18.4 Å². The summed E-state index contributed by atoms with van der Waals surface area (Å²) < 4.78 is 0. The van der Waals surface area contributed by atoms with Gasteiger partial charge in [-0.15, -0.1) is 11.3 Å². The van der Waals surface area contributed by atoms with Gasteiger partial charge in [-0.3, -0.25) is 4.79 Å². The number of aliphatic hydroxyl groups excluding tert-OH is 1. The van der Waals surface area contributed by atoms with Crippen molar-refractivity contribution in [3.05, 3.63) is 22.4 Å². The third-order valence-electron chi connectivity index (χ3n) is 3.49. The molecule has 1 aliphatic rings. The minimum absolute atomic E-state index is 0.00333. The molecule has 1 amide bonds. The maximum Gasteiger partial charge on any atom is 0.223 e. The van der Waals surface area contributed by atoms with Crippen molar-refractivity contribution in [3.63, 3.8) is 0 Å². The number of carbonyl (C=O) groups excluding carboxylic acids is 1. The SMILES string of the molecule is CC(Cc1cccs1)C(=O)NC(CCO)C1CC1. The highest BCUT2D eigenvalue weighted by molar-refractivity contribution is 7.09. The molecule has 1 aromatic heterocycles. The van der Waals surface area contributed by atoms with Gasteiger partial charge in [-0.1, -0.05) is 13.0 Å². The van der Waals surface area contributed by atoms with Gasteiger partial charge >= 0.3 is 0 Å². The normalized spacial score (nSPS) is 18.3. The van der Waals surface area contributed by atoms with E-state index in [0.717, 1.165) is 6.42 Å². The van der Waals surface area contributed by atoms with Crippen LogP contribution < -0.4 is 5.32 Å². The molecule has 18 heavy (non-hydrogen) atoms. The standard InChI is InChI=1S/C14H21NO2S/c1-10(9-12-3-2-8-18-12)14(17)15-13(6-7-16)11-4-5-11/h2-3,8,10-11,13,16H,4-7,9H2,1H3,(H,15,17). The van der Waals surface area contributed by atoms with E-state index in [1.54, 1.807) is 11.3 Å². The highest BCUT2D eigenvalue weighted by Crippen LogP contribution is 2.34. The number of rotatable bonds is 7. The Balaban J connectivity index is 1.82. The van der Waals surface area contributed by atoms with Crippen LogP contribution in [0.25, 0.3) is 0 Å². The molecule has 0 radical (unpaired) electrons. The minimum Gasteiger partial charge on any atom is -0.396 e. The molecule has 0 bridgehead atoms. The van der Waals surface area contributed by atoms with Crippen molar-refractivity contribution in [3.8, 4) is 0 Å².